The van der Waals surface area contributed by atoms with E-state index in [0.717, 1.165) is 67.5 Å². The fraction of sp³-hybridized carbons (Fsp3) is 0.521. The summed E-state index contributed by atoms with van der Waals surface area (Å²) >= 11 is 0. The van der Waals surface area contributed by atoms with Gasteiger partial charge in [-0.25, -0.2) is 4.98 Å². The molecule has 0 bridgehead atoms. The van der Waals surface area contributed by atoms with E-state index in [9.17, 15) is 18.0 Å². The standard InChI is InChI=1S/C36H49N5O3.C10H12F3N3O.C2H6/c1-28-26-29(14-17-37)4-13-35(28)44-34-11-9-33(10-12-34)43-25-3-18-38-36(42)31-5-7-32(8-6-31)41-19-15-30(16-20-41)27-40-23-21-39(2)22-24-40;11-10(12,13)8-4-14-5-9(16-8)15-7-2-1-3-17-6-7;1-2/h4-13,26,30H,3,14-25,27,37H2,1-2H3,(H,38,42);4-5,7H,1-3,6H2,(H,15,16);1-2H3. The van der Waals surface area contributed by atoms with Gasteiger partial charge in [-0.15, -0.1) is 0 Å². The number of carbonyl (C=O) groups is 1. The average molecular weight is 877 g/mol. The Morgan fingerprint density at radius 2 is 1.63 bits per heavy atom. The number of nitrogens with one attached hydrogen (secondary N) is 2. The molecule has 3 fully saturated rings. The summed E-state index contributed by atoms with van der Waals surface area (Å²) < 4.78 is 54.3. The van der Waals surface area contributed by atoms with E-state index in [-0.39, 0.29) is 17.8 Å². The van der Waals surface area contributed by atoms with Gasteiger partial charge < -0.3 is 45.3 Å². The molecular formula is C48H67F3N8O4. The molecule has 0 spiro atoms. The Hall–Kier alpha value is -4.96. The number of halogens is 3. The topological polar surface area (TPSA) is 130 Å². The van der Waals surface area contributed by atoms with Crippen molar-refractivity contribution in [3.05, 3.63) is 102 Å². The molecule has 4 N–H and O–H groups in total. The summed E-state index contributed by atoms with van der Waals surface area (Å²) in [5, 5.41) is 5.91. The SMILES string of the molecule is CC.Cc1cc(CCN)ccc1Oc1ccc(OCCCNC(=O)c2ccc(N3CCC(CN4CCN(C)CC4)CC3)cc2)cc1.FC(F)(F)c1cncc(NC2CCCOC2)n1. The first-order valence-electron chi connectivity index (χ1n) is 22.5. The number of amides is 1. The summed E-state index contributed by atoms with van der Waals surface area (Å²) in [6.45, 7) is 17.1. The molecule has 63 heavy (non-hydrogen) atoms. The van der Waals surface area contributed by atoms with E-state index < -0.39 is 11.9 Å². The number of benzene rings is 3. The number of aryl methyl sites for hydroxylation is 1. The molecule has 3 saturated heterocycles. The minimum Gasteiger partial charge on any atom is -0.494 e. The molecule has 3 aliphatic rings. The monoisotopic (exact) mass is 877 g/mol. The highest BCUT2D eigenvalue weighted by molar-refractivity contribution is 5.94. The van der Waals surface area contributed by atoms with Gasteiger partial charge in [-0.2, -0.15) is 13.2 Å². The number of hydrogen-bond donors (Lipinski definition) is 3. The maximum absolute atomic E-state index is 12.7. The van der Waals surface area contributed by atoms with Gasteiger partial charge in [0.2, 0.25) is 0 Å². The Kier molecular flexibility index (Phi) is 19.8. The summed E-state index contributed by atoms with van der Waals surface area (Å²) in [5.74, 6) is 3.25. The molecule has 0 saturated carbocycles. The van der Waals surface area contributed by atoms with Gasteiger partial charge in [-0.3, -0.25) is 9.78 Å². The van der Waals surface area contributed by atoms with Crippen LogP contribution in [0.15, 0.2) is 79.1 Å². The quantitative estimate of drug-likeness (QED) is 0.100. The number of aromatic nitrogens is 2. The van der Waals surface area contributed by atoms with Gasteiger partial charge in [0.25, 0.3) is 5.91 Å². The number of piperazine rings is 1. The van der Waals surface area contributed by atoms with Crippen LogP contribution in [0.2, 0.25) is 0 Å². The van der Waals surface area contributed by atoms with Gasteiger partial charge in [0, 0.05) is 70.2 Å². The first kappa shape index (κ1) is 49.1. The lowest BCUT2D eigenvalue weighted by Gasteiger charge is -2.38. The lowest BCUT2D eigenvalue weighted by Crippen LogP contribution is -2.47. The molecular weight excluding hydrogens is 810 g/mol. The predicted molar refractivity (Wildman–Crippen MR) is 244 cm³/mol. The number of likely N-dealkylation sites (N-methyl/N-ethyl adjacent to an activating group) is 1. The van der Waals surface area contributed by atoms with E-state index in [4.69, 9.17) is 19.9 Å². The van der Waals surface area contributed by atoms with Crippen molar-refractivity contribution in [1.29, 1.82) is 0 Å². The fourth-order valence-corrected chi connectivity index (χ4v) is 7.67. The number of nitrogens with zero attached hydrogens (tertiary/aromatic N) is 5. The smallest absolute Gasteiger partial charge is 0.434 e. The zero-order valence-electron chi connectivity index (χ0n) is 37.5. The Balaban J connectivity index is 0.000000328. The van der Waals surface area contributed by atoms with Crippen molar-refractivity contribution in [3.8, 4) is 17.2 Å². The van der Waals surface area contributed by atoms with Crippen molar-refractivity contribution in [3.63, 3.8) is 0 Å². The third-order valence-electron chi connectivity index (χ3n) is 11.3. The molecule has 12 nitrogen and oxygen atoms in total. The van der Waals surface area contributed by atoms with Crippen LogP contribution in [-0.2, 0) is 17.3 Å². The van der Waals surface area contributed by atoms with Gasteiger partial charge in [0.05, 0.1) is 31.6 Å². The van der Waals surface area contributed by atoms with Crippen LogP contribution < -0.4 is 30.7 Å². The normalized spacial score (nSPS) is 17.4. The van der Waals surface area contributed by atoms with Crippen LogP contribution >= 0.6 is 0 Å². The molecule has 1 amide bonds. The Morgan fingerprint density at radius 1 is 0.921 bits per heavy atom. The van der Waals surface area contributed by atoms with E-state index in [1.165, 1.54) is 63.0 Å². The molecule has 4 aromatic rings. The highest BCUT2D eigenvalue weighted by atomic mass is 19.4. The van der Waals surface area contributed by atoms with E-state index in [0.29, 0.717) is 44.7 Å². The van der Waals surface area contributed by atoms with Crippen LogP contribution in [0.25, 0.3) is 0 Å². The van der Waals surface area contributed by atoms with Gasteiger partial charge in [0.1, 0.15) is 23.1 Å². The number of carbonyl (C=O) groups excluding carboxylic acids is 1. The van der Waals surface area contributed by atoms with Gasteiger partial charge in [0.15, 0.2) is 5.69 Å². The Bertz CT molecular complexity index is 1930. The van der Waals surface area contributed by atoms with Crippen LogP contribution in [-0.4, -0.2) is 117 Å². The molecule has 1 aromatic heterocycles. The van der Waals surface area contributed by atoms with Crippen molar-refractivity contribution in [2.45, 2.75) is 71.5 Å². The summed E-state index contributed by atoms with van der Waals surface area (Å²) in [5.41, 5.74) is 8.88. The molecule has 1 atom stereocenters. The third kappa shape index (κ3) is 16.3. The minimum absolute atomic E-state index is 0.00142. The summed E-state index contributed by atoms with van der Waals surface area (Å²) in [4.78, 5) is 27.2. The number of anilines is 2. The molecule has 0 radical (unpaired) electrons. The number of rotatable bonds is 15. The minimum atomic E-state index is -4.46. The molecule has 3 aliphatic heterocycles. The van der Waals surface area contributed by atoms with Crippen LogP contribution in [0.4, 0.5) is 24.7 Å². The molecule has 7 rings (SSSR count). The zero-order valence-corrected chi connectivity index (χ0v) is 37.5. The van der Waals surface area contributed by atoms with Crippen LogP contribution in [0.3, 0.4) is 0 Å². The lowest BCUT2D eigenvalue weighted by atomic mass is 9.95. The van der Waals surface area contributed by atoms with Crippen molar-refractivity contribution in [1.82, 2.24) is 25.1 Å². The largest absolute Gasteiger partial charge is 0.494 e. The second kappa shape index (κ2) is 25.4. The summed E-state index contributed by atoms with van der Waals surface area (Å²) in [6.07, 6.45) is 3.33. The Morgan fingerprint density at radius 3 is 2.29 bits per heavy atom. The second-order valence-electron chi connectivity index (χ2n) is 16.1. The predicted octanol–water partition coefficient (Wildman–Crippen LogP) is 8.06. The highest BCUT2D eigenvalue weighted by Crippen LogP contribution is 2.29. The molecule has 15 heteroatoms. The molecule has 1 unspecified atom stereocenters. The highest BCUT2D eigenvalue weighted by Gasteiger charge is 2.33. The number of ether oxygens (including phenoxy) is 3. The summed E-state index contributed by atoms with van der Waals surface area (Å²) in [7, 11) is 2.21. The van der Waals surface area contributed by atoms with Crippen molar-refractivity contribution in [2.75, 3.05) is 96.0 Å². The number of piperidine rings is 1. The van der Waals surface area contributed by atoms with Crippen LogP contribution in [0.1, 0.15) is 73.1 Å². The Labute approximate surface area is 371 Å². The van der Waals surface area contributed by atoms with Gasteiger partial charge >= 0.3 is 6.18 Å². The van der Waals surface area contributed by atoms with Crippen molar-refractivity contribution < 1.29 is 32.2 Å². The number of alkyl halides is 3. The first-order chi connectivity index (χ1) is 30.5. The maximum Gasteiger partial charge on any atom is 0.434 e. The van der Waals surface area contributed by atoms with E-state index in [2.05, 4.69) is 66.6 Å². The molecule has 344 valence electrons. The first-order valence-corrected chi connectivity index (χ1v) is 22.5. The van der Waals surface area contributed by atoms with Crippen LogP contribution in [0.5, 0.6) is 17.2 Å². The molecule has 3 aromatic carbocycles. The second-order valence-corrected chi connectivity index (χ2v) is 16.1. The average Bonchev–Trinajstić information content (AvgIpc) is 3.30. The third-order valence-corrected chi connectivity index (χ3v) is 11.3. The van der Waals surface area contributed by atoms with E-state index >= 15 is 0 Å². The zero-order chi connectivity index (χ0) is 45.0. The fourth-order valence-electron chi connectivity index (χ4n) is 7.67. The van der Waals surface area contributed by atoms with Gasteiger partial charge in [-0.05, 0) is 131 Å². The van der Waals surface area contributed by atoms with E-state index in [1.54, 1.807) is 0 Å². The lowest BCUT2D eigenvalue weighted by molar-refractivity contribution is -0.141. The molecule has 4 heterocycles. The number of hydrogen-bond acceptors (Lipinski definition) is 11. The van der Waals surface area contributed by atoms with Crippen molar-refractivity contribution in [2.24, 2.45) is 11.7 Å². The van der Waals surface area contributed by atoms with Crippen LogP contribution in [0, 0.1) is 12.8 Å². The molecule has 0 aliphatic carbocycles. The number of nitrogens with two attached hydrogens (primary N) is 1. The summed E-state index contributed by atoms with van der Waals surface area (Å²) in [6, 6.07) is 21.9. The van der Waals surface area contributed by atoms with E-state index in [1.807, 2.05) is 63.2 Å². The van der Waals surface area contributed by atoms with Gasteiger partial charge in [-0.1, -0.05) is 26.0 Å². The maximum atomic E-state index is 12.7. The van der Waals surface area contributed by atoms with Crippen molar-refractivity contribution >= 4 is 17.4 Å².